The van der Waals surface area contributed by atoms with E-state index in [1.807, 2.05) is 0 Å². The lowest BCUT2D eigenvalue weighted by Crippen LogP contribution is -2.21. The van der Waals surface area contributed by atoms with E-state index in [1.54, 1.807) is 0 Å². The maximum absolute atomic E-state index is 3.52. The molecular formula is C15H15Br2N. The summed E-state index contributed by atoms with van der Waals surface area (Å²) in [4.78, 5) is 2.36. The minimum atomic E-state index is 0.928. The lowest BCUT2D eigenvalue weighted by atomic mass is 10.2. The summed E-state index contributed by atoms with van der Waals surface area (Å²) in [5.41, 5.74) is 2.56. The third-order valence-corrected chi connectivity index (χ3v) is 3.86. The van der Waals surface area contributed by atoms with E-state index in [0.29, 0.717) is 0 Å². The Morgan fingerprint density at radius 2 is 1.67 bits per heavy atom. The van der Waals surface area contributed by atoms with Gasteiger partial charge in [0.25, 0.3) is 0 Å². The monoisotopic (exact) mass is 367 g/mol. The first-order valence-electron chi connectivity index (χ1n) is 5.94. The van der Waals surface area contributed by atoms with Gasteiger partial charge in [0.15, 0.2) is 0 Å². The van der Waals surface area contributed by atoms with Crippen molar-refractivity contribution in [3.63, 3.8) is 0 Å². The molecule has 0 aliphatic carbocycles. The molecule has 0 fully saturated rings. The Labute approximate surface area is 125 Å². The first-order valence-corrected chi connectivity index (χ1v) is 7.52. The first kappa shape index (κ1) is 13.6. The van der Waals surface area contributed by atoms with Gasteiger partial charge in [-0.2, -0.15) is 0 Å². The van der Waals surface area contributed by atoms with Crippen LogP contribution >= 0.6 is 31.9 Å². The number of anilines is 1. The second-order valence-corrected chi connectivity index (χ2v) is 5.95. The molecule has 2 rings (SSSR count). The van der Waals surface area contributed by atoms with Crippen LogP contribution in [0.3, 0.4) is 0 Å². The molecule has 0 spiro atoms. The molecule has 2 aromatic rings. The van der Waals surface area contributed by atoms with Crippen molar-refractivity contribution >= 4 is 37.5 Å². The number of nitrogens with zero attached hydrogens (tertiary/aromatic N) is 1. The molecule has 0 atom stereocenters. The standard InChI is InChI=1S/C15H15Br2N/c1-2-18(15-8-6-13(16)7-9-15)11-12-4-3-5-14(17)10-12/h3-10H,2,11H2,1H3. The molecule has 0 aliphatic heterocycles. The van der Waals surface area contributed by atoms with Crippen LogP contribution < -0.4 is 4.90 Å². The summed E-state index contributed by atoms with van der Waals surface area (Å²) in [5, 5.41) is 0. The van der Waals surface area contributed by atoms with Gasteiger partial charge in [0.2, 0.25) is 0 Å². The molecule has 2 aromatic carbocycles. The van der Waals surface area contributed by atoms with Crippen molar-refractivity contribution < 1.29 is 0 Å². The normalized spacial score (nSPS) is 10.4. The molecule has 0 saturated heterocycles. The van der Waals surface area contributed by atoms with Crippen LogP contribution in [0.25, 0.3) is 0 Å². The van der Waals surface area contributed by atoms with Gasteiger partial charge in [0.1, 0.15) is 0 Å². The van der Waals surface area contributed by atoms with Gasteiger partial charge >= 0.3 is 0 Å². The Bertz CT molecular complexity index is 508. The van der Waals surface area contributed by atoms with E-state index in [9.17, 15) is 0 Å². The molecule has 0 bridgehead atoms. The molecule has 0 heterocycles. The van der Waals surface area contributed by atoms with Gasteiger partial charge in [-0.1, -0.05) is 44.0 Å². The fraction of sp³-hybridized carbons (Fsp3) is 0.200. The highest BCUT2D eigenvalue weighted by Crippen LogP contribution is 2.21. The Hall–Kier alpha value is -0.800. The molecule has 0 radical (unpaired) electrons. The summed E-state index contributed by atoms with van der Waals surface area (Å²) in [6.07, 6.45) is 0. The number of hydrogen-bond donors (Lipinski definition) is 0. The highest BCUT2D eigenvalue weighted by molar-refractivity contribution is 9.10. The predicted molar refractivity (Wildman–Crippen MR) is 85.0 cm³/mol. The number of hydrogen-bond acceptors (Lipinski definition) is 1. The zero-order valence-electron chi connectivity index (χ0n) is 10.2. The molecule has 0 aliphatic rings. The third-order valence-electron chi connectivity index (χ3n) is 2.84. The molecule has 18 heavy (non-hydrogen) atoms. The first-order chi connectivity index (χ1) is 8.69. The maximum Gasteiger partial charge on any atom is 0.0429 e. The van der Waals surface area contributed by atoms with E-state index >= 15 is 0 Å². The highest BCUT2D eigenvalue weighted by atomic mass is 79.9. The quantitative estimate of drug-likeness (QED) is 0.713. The molecule has 0 unspecified atom stereocenters. The van der Waals surface area contributed by atoms with Crippen LogP contribution in [0.4, 0.5) is 5.69 Å². The molecular weight excluding hydrogens is 354 g/mol. The van der Waals surface area contributed by atoms with Gasteiger partial charge in [-0.3, -0.25) is 0 Å². The van der Waals surface area contributed by atoms with Crippen molar-refractivity contribution in [1.29, 1.82) is 0 Å². The van der Waals surface area contributed by atoms with Crippen molar-refractivity contribution in [3.05, 3.63) is 63.0 Å². The predicted octanol–water partition coefficient (Wildman–Crippen LogP) is 5.24. The molecule has 0 saturated carbocycles. The van der Waals surface area contributed by atoms with Gasteiger partial charge < -0.3 is 4.90 Å². The summed E-state index contributed by atoms with van der Waals surface area (Å²) >= 11 is 6.98. The highest BCUT2D eigenvalue weighted by Gasteiger charge is 2.05. The summed E-state index contributed by atoms with van der Waals surface area (Å²) in [6.45, 7) is 4.10. The van der Waals surface area contributed by atoms with E-state index in [2.05, 4.69) is 92.2 Å². The van der Waals surface area contributed by atoms with Crippen LogP contribution in [0.1, 0.15) is 12.5 Å². The van der Waals surface area contributed by atoms with Crippen LogP contribution in [0.15, 0.2) is 57.5 Å². The smallest absolute Gasteiger partial charge is 0.0429 e. The third kappa shape index (κ3) is 3.59. The van der Waals surface area contributed by atoms with Crippen LogP contribution in [0.2, 0.25) is 0 Å². The Kier molecular flexibility index (Phi) is 4.84. The number of benzene rings is 2. The van der Waals surface area contributed by atoms with Crippen LogP contribution in [-0.4, -0.2) is 6.54 Å². The second-order valence-electron chi connectivity index (χ2n) is 4.12. The van der Waals surface area contributed by atoms with Crippen molar-refractivity contribution in [3.8, 4) is 0 Å². The fourth-order valence-electron chi connectivity index (χ4n) is 1.89. The Morgan fingerprint density at radius 1 is 0.944 bits per heavy atom. The Balaban J connectivity index is 2.17. The molecule has 1 nitrogen and oxygen atoms in total. The summed E-state index contributed by atoms with van der Waals surface area (Å²) < 4.78 is 2.25. The van der Waals surface area contributed by atoms with E-state index < -0.39 is 0 Å². The minimum absolute atomic E-state index is 0.928. The van der Waals surface area contributed by atoms with Gasteiger partial charge in [-0.15, -0.1) is 0 Å². The van der Waals surface area contributed by atoms with Crippen molar-refractivity contribution in [2.45, 2.75) is 13.5 Å². The fourth-order valence-corrected chi connectivity index (χ4v) is 2.60. The van der Waals surface area contributed by atoms with E-state index in [-0.39, 0.29) is 0 Å². The van der Waals surface area contributed by atoms with Gasteiger partial charge in [0, 0.05) is 27.7 Å². The van der Waals surface area contributed by atoms with Crippen molar-refractivity contribution in [2.75, 3.05) is 11.4 Å². The minimum Gasteiger partial charge on any atom is -0.367 e. The van der Waals surface area contributed by atoms with Gasteiger partial charge in [-0.05, 0) is 48.9 Å². The zero-order chi connectivity index (χ0) is 13.0. The lowest BCUT2D eigenvalue weighted by Gasteiger charge is -2.23. The number of halogens is 2. The largest absolute Gasteiger partial charge is 0.367 e. The maximum atomic E-state index is 3.52. The topological polar surface area (TPSA) is 3.24 Å². The molecule has 0 amide bonds. The van der Waals surface area contributed by atoms with Crippen LogP contribution in [0.5, 0.6) is 0 Å². The van der Waals surface area contributed by atoms with Crippen LogP contribution in [0, 0.1) is 0 Å². The molecule has 0 N–H and O–H groups in total. The van der Waals surface area contributed by atoms with E-state index in [0.717, 1.165) is 22.0 Å². The second kappa shape index (κ2) is 6.39. The summed E-state index contributed by atoms with van der Waals surface area (Å²) in [7, 11) is 0. The Morgan fingerprint density at radius 3 is 2.28 bits per heavy atom. The van der Waals surface area contributed by atoms with E-state index in [1.165, 1.54) is 11.3 Å². The van der Waals surface area contributed by atoms with Crippen molar-refractivity contribution in [2.24, 2.45) is 0 Å². The number of rotatable bonds is 4. The van der Waals surface area contributed by atoms with Gasteiger partial charge in [0.05, 0.1) is 0 Å². The van der Waals surface area contributed by atoms with Crippen LogP contribution in [-0.2, 0) is 6.54 Å². The van der Waals surface area contributed by atoms with Gasteiger partial charge in [-0.25, -0.2) is 0 Å². The SMILES string of the molecule is CCN(Cc1cccc(Br)c1)c1ccc(Br)cc1. The average molecular weight is 369 g/mol. The summed E-state index contributed by atoms with van der Waals surface area (Å²) in [6, 6.07) is 16.9. The molecule has 94 valence electrons. The molecule has 0 aromatic heterocycles. The summed E-state index contributed by atoms with van der Waals surface area (Å²) in [5.74, 6) is 0. The van der Waals surface area contributed by atoms with Crippen molar-refractivity contribution in [1.82, 2.24) is 0 Å². The molecule has 3 heteroatoms. The lowest BCUT2D eigenvalue weighted by molar-refractivity contribution is 0.831. The van der Waals surface area contributed by atoms with E-state index in [4.69, 9.17) is 0 Å². The zero-order valence-corrected chi connectivity index (χ0v) is 13.4. The average Bonchev–Trinajstić information content (AvgIpc) is 2.37.